The maximum absolute atomic E-state index is 12.7. The van der Waals surface area contributed by atoms with Crippen molar-refractivity contribution >= 4 is 48.0 Å². The van der Waals surface area contributed by atoms with Crippen LogP contribution in [0.1, 0.15) is 47.6 Å². The number of hydrogen-bond acceptors (Lipinski definition) is 8. The predicted molar refractivity (Wildman–Crippen MR) is 152 cm³/mol. The monoisotopic (exact) mass is 537 g/mol. The van der Waals surface area contributed by atoms with Crippen molar-refractivity contribution in [2.45, 2.75) is 52.2 Å². The summed E-state index contributed by atoms with van der Waals surface area (Å²) in [6.45, 7) is 10.2. The molecule has 0 saturated carbocycles. The Kier molecular flexibility index (Phi) is 7.69. The van der Waals surface area contributed by atoms with E-state index in [-0.39, 0.29) is 5.91 Å². The molecule has 9 nitrogen and oxygen atoms in total. The van der Waals surface area contributed by atoms with Crippen LogP contribution >= 0.6 is 20.1 Å². The molecule has 0 spiro atoms. The molecule has 194 valence electrons. The van der Waals surface area contributed by atoms with E-state index in [2.05, 4.69) is 39.8 Å². The summed E-state index contributed by atoms with van der Waals surface area (Å²) < 4.78 is 8.31. The van der Waals surface area contributed by atoms with E-state index < -0.39 is 0 Å². The Labute approximate surface area is 222 Å². The molecule has 2 atom stereocenters. The number of thiazole rings is 1. The summed E-state index contributed by atoms with van der Waals surface area (Å²) in [6.07, 6.45) is 3.98. The Bertz CT molecular complexity index is 1370. The summed E-state index contributed by atoms with van der Waals surface area (Å²) in [7, 11) is 0.479. The summed E-state index contributed by atoms with van der Waals surface area (Å²) in [4.78, 5) is 22.8. The van der Waals surface area contributed by atoms with E-state index in [1.807, 2.05) is 24.4 Å². The van der Waals surface area contributed by atoms with Gasteiger partial charge in [0.2, 0.25) is 0 Å². The van der Waals surface area contributed by atoms with Crippen molar-refractivity contribution in [3.05, 3.63) is 52.7 Å². The van der Waals surface area contributed by atoms with Crippen molar-refractivity contribution in [1.82, 2.24) is 24.8 Å². The molecule has 37 heavy (non-hydrogen) atoms. The van der Waals surface area contributed by atoms with Crippen LogP contribution in [0, 0.1) is 13.8 Å². The molecule has 1 amide bonds. The third-order valence-electron chi connectivity index (χ3n) is 6.14. The van der Waals surface area contributed by atoms with Gasteiger partial charge in [0.25, 0.3) is 5.91 Å². The van der Waals surface area contributed by atoms with Gasteiger partial charge >= 0.3 is 0 Å². The Morgan fingerprint density at radius 3 is 2.73 bits per heavy atom. The number of rotatable bonds is 8. The van der Waals surface area contributed by atoms with Crippen LogP contribution in [0.4, 0.5) is 10.9 Å². The maximum Gasteiger partial charge on any atom is 0.257 e. The quantitative estimate of drug-likeness (QED) is 0.253. The molecule has 1 aliphatic heterocycles. The number of aryl methyl sites for hydroxylation is 2. The lowest BCUT2D eigenvalue weighted by Gasteiger charge is -2.23. The van der Waals surface area contributed by atoms with E-state index in [9.17, 15) is 4.79 Å². The lowest BCUT2D eigenvalue weighted by Crippen LogP contribution is -2.38. The Balaban J connectivity index is 1.39. The third-order valence-corrected chi connectivity index (χ3v) is 8.20. The molecule has 1 saturated heterocycles. The number of piperidine rings is 1. The van der Waals surface area contributed by atoms with Crippen molar-refractivity contribution in [1.29, 1.82) is 0 Å². The van der Waals surface area contributed by atoms with Crippen LogP contribution in [-0.4, -0.2) is 50.2 Å². The Morgan fingerprint density at radius 1 is 1.24 bits per heavy atom. The zero-order valence-electron chi connectivity index (χ0n) is 21.5. The van der Waals surface area contributed by atoms with Crippen LogP contribution in [-0.2, 0) is 0 Å². The van der Waals surface area contributed by atoms with Crippen LogP contribution in [0.5, 0.6) is 11.5 Å². The minimum Gasteiger partial charge on any atom is -0.456 e. The van der Waals surface area contributed by atoms with Gasteiger partial charge in [-0.3, -0.25) is 10.1 Å². The lowest BCUT2D eigenvalue weighted by atomic mass is 10.1. The highest BCUT2D eigenvalue weighted by molar-refractivity contribution is 7.37. The summed E-state index contributed by atoms with van der Waals surface area (Å²) in [5, 5.41) is 16.3. The first-order valence-electron chi connectivity index (χ1n) is 12.5. The molecule has 5 rings (SSSR count). The van der Waals surface area contributed by atoms with Gasteiger partial charge in [-0.2, -0.15) is 0 Å². The first-order valence-corrected chi connectivity index (χ1v) is 14.4. The average molecular weight is 538 g/mol. The fraction of sp³-hybridized carbons (Fsp3) is 0.385. The van der Waals surface area contributed by atoms with Crippen LogP contribution in [0.25, 0.3) is 11.0 Å². The maximum atomic E-state index is 12.7. The van der Waals surface area contributed by atoms with Crippen LogP contribution < -0.4 is 20.7 Å². The van der Waals surface area contributed by atoms with Gasteiger partial charge in [-0.25, -0.2) is 14.4 Å². The fourth-order valence-corrected chi connectivity index (χ4v) is 5.95. The minimum absolute atomic E-state index is 0.199. The molecule has 1 unspecified atom stereocenters. The van der Waals surface area contributed by atoms with Crippen molar-refractivity contribution in [2.24, 2.45) is 0 Å². The molecule has 0 bridgehead atoms. The molecule has 3 N–H and O–H groups in total. The number of carbonyl (C=O) groups is 1. The number of benzene rings is 1. The molecule has 4 heterocycles. The summed E-state index contributed by atoms with van der Waals surface area (Å²) in [6, 6.07) is 9.29. The molecule has 1 aromatic carbocycles. The van der Waals surface area contributed by atoms with Gasteiger partial charge in [0.1, 0.15) is 16.9 Å². The predicted octanol–water partition coefficient (Wildman–Crippen LogP) is 5.56. The van der Waals surface area contributed by atoms with Gasteiger partial charge < -0.3 is 15.4 Å². The van der Waals surface area contributed by atoms with Gasteiger partial charge in [0, 0.05) is 44.0 Å². The van der Waals surface area contributed by atoms with Crippen molar-refractivity contribution in [2.75, 3.05) is 23.7 Å². The van der Waals surface area contributed by atoms with Crippen molar-refractivity contribution in [3.8, 4) is 11.5 Å². The highest BCUT2D eigenvalue weighted by Crippen LogP contribution is 2.38. The number of nitrogens with one attached hydrogen (secondary N) is 3. The normalized spacial score (nSPS) is 16.1. The largest absolute Gasteiger partial charge is 0.456 e. The number of ether oxygens (including phenoxy) is 1. The molecule has 4 aromatic rings. The molecule has 0 aliphatic carbocycles. The first kappa shape index (κ1) is 25.6. The van der Waals surface area contributed by atoms with E-state index >= 15 is 0 Å². The number of pyridine rings is 1. The molecule has 1 aliphatic rings. The smallest absolute Gasteiger partial charge is 0.257 e. The topological polar surface area (TPSA) is 106 Å². The van der Waals surface area contributed by atoms with Crippen LogP contribution in [0.15, 0.2) is 36.5 Å². The molecular weight excluding hydrogens is 505 g/mol. The number of nitrogens with zero attached hydrogens (tertiary/aromatic N) is 4. The second kappa shape index (κ2) is 11.1. The summed E-state index contributed by atoms with van der Waals surface area (Å²) in [5.41, 5.74) is 2.73. The highest BCUT2D eigenvalue weighted by Gasteiger charge is 2.21. The van der Waals surface area contributed by atoms with Gasteiger partial charge in [-0.15, -0.1) is 16.4 Å². The third kappa shape index (κ3) is 5.92. The van der Waals surface area contributed by atoms with E-state index in [1.165, 1.54) is 11.3 Å². The van der Waals surface area contributed by atoms with Crippen molar-refractivity contribution in [3.63, 3.8) is 0 Å². The van der Waals surface area contributed by atoms with Crippen LogP contribution in [0.2, 0.25) is 0 Å². The second-order valence-electron chi connectivity index (χ2n) is 9.48. The van der Waals surface area contributed by atoms with Crippen LogP contribution in [0.3, 0.4) is 0 Å². The highest BCUT2D eigenvalue weighted by atomic mass is 32.1. The van der Waals surface area contributed by atoms with E-state index in [0.29, 0.717) is 42.6 Å². The van der Waals surface area contributed by atoms with Gasteiger partial charge in [0.15, 0.2) is 16.6 Å². The van der Waals surface area contributed by atoms with E-state index in [0.717, 1.165) is 53.4 Å². The zero-order chi connectivity index (χ0) is 25.9. The van der Waals surface area contributed by atoms with E-state index in [1.54, 1.807) is 30.5 Å². The SMILES string of the molecule is Cc1nc(NC(=O)c2ccc(Oc3ccnc4c3c(N[C@@H]3CCCNC3)nn4PC(C)C)cc2)sc1C. The number of anilines is 2. The summed E-state index contributed by atoms with van der Waals surface area (Å²) >= 11 is 1.47. The Hall–Kier alpha value is -3.07. The van der Waals surface area contributed by atoms with Gasteiger partial charge in [-0.1, -0.05) is 13.8 Å². The molecule has 3 aromatic heterocycles. The number of amides is 1. The fourth-order valence-electron chi connectivity index (χ4n) is 4.20. The lowest BCUT2D eigenvalue weighted by molar-refractivity contribution is 0.102. The van der Waals surface area contributed by atoms with Gasteiger partial charge in [-0.05, 0) is 63.2 Å². The number of aromatic nitrogens is 4. The number of hydrogen-bond donors (Lipinski definition) is 3. The molecule has 1 fully saturated rings. The Morgan fingerprint density at radius 2 is 2.05 bits per heavy atom. The van der Waals surface area contributed by atoms with Gasteiger partial charge in [0.05, 0.1) is 5.69 Å². The first-order chi connectivity index (χ1) is 17.9. The summed E-state index contributed by atoms with van der Waals surface area (Å²) in [5.74, 6) is 1.91. The second-order valence-corrected chi connectivity index (χ2v) is 12.5. The number of fused-ring (bicyclic) bond motifs is 1. The van der Waals surface area contributed by atoms with Crippen molar-refractivity contribution < 1.29 is 9.53 Å². The molecule has 0 radical (unpaired) electrons. The standard InChI is InChI=1S/C26H32N7O2PS/c1-15(2)36-33-24-22(23(32-33)30-19-6-5-12-27-14-19)21(11-13-28-24)35-20-9-7-18(8-10-20)25(34)31-26-29-16(3)17(4)37-26/h7-11,13,15,19,27,36H,5-6,12,14H2,1-4H3,(H,30,32)(H,29,31,34)/t19-/m1/s1. The number of carbonyl (C=O) groups excluding carboxylic acids is 1. The minimum atomic E-state index is -0.199. The average Bonchev–Trinajstić information content (AvgIpc) is 3.38. The molecular formula is C26H32N7O2PS. The zero-order valence-corrected chi connectivity index (χ0v) is 23.3. The van der Waals surface area contributed by atoms with E-state index in [4.69, 9.17) is 9.84 Å². The molecule has 11 heteroatoms.